The zero-order chi connectivity index (χ0) is 18.2. The highest BCUT2D eigenvalue weighted by Gasteiger charge is 2.15. The minimum Gasteiger partial charge on any atom is -0.339 e. The van der Waals surface area contributed by atoms with Gasteiger partial charge in [0.2, 0.25) is 0 Å². The molecule has 0 bridgehead atoms. The van der Waals surface area contributed by atoms with E-state index in [1.54, 1.807) is 36.4 Å². The van der Waals surface area contributed by atoms with Crippen molar-refractivity contribution in [3.05, 3.63) is 64.1 Å². The van der Waals surface area contributed by atoms with Gasteiger partial charge in [-0.1, -0.05) is 35.8 Å². The van der Waals surface area contributed by atoms with Crippen molar-refractivity contribution in [1.29, 1.82) is 0 Å². The lowest BCUT2D eigenvalue weighted by Crippen LogP contribution is -2.32. The molecule has 2 amide bonds. The second kappa shape index (κ2) is 9.37. The number of anilines is 1. The third-order valence-corrected chi connectivity index (χ3v) is 4.28. The lowest BCUT2D eigenvalue weighted by atomic mass is 10.1. The second-order valence-corrected chi connectivity index (χ2v) is 6.75. The molecule has 0 aliphatic rings. The van der Waals surface area contributed by atoms with Gasteiger partial charge in [-0.25, -0.2) is 0 Å². The molecule has 0 heterocycles. The van der Waals surface area contributed by atoms with E-state index in [4.69, 9.17) is 0 Å². The van der Waals surface area contributed by atoms with Crippen molar-refractivity contribution < 1.29 is 9.59 Å². The van der Waals surface area contributed by atoms with Crippen LogP contribution < -0.4 is 5.32 Å². The van der Waals surface area contributed by atoms with Crippen LogP contribution in [0.25, 0.3) is 0 Å². The fraction of sp³-hybridized carbons (Fsp3) is 0.300. The fourth-order valence-corrected chi connectivity index (χ4v) is 2.84. The van der Waals surface area contributed by atoms with Crippen molar-refractivity contribution >= 4 is 33.4 Å². The monoisotopic (exact) mass is 402 g/mol. The standard InChI is InChI=1S/C20H23BrN2O2/c1-3-12-23(13-4-2)20(25)16-6-5-7-18(14-16)22-19(24)15-8-10-17(21)11-9-15/h5-11,14H,3-4,12-13H2,1-2H3,(H,22,24). The van der Waals surface area contributed by atoms with E-state index in [1.807, 2.05) is 17.0 Å². The Balaban J connectivity index is 2.13. The summed E-state index contributed by atoms with van der Waals surface area (Å²) in [5.41, 5.74) is 1.78. The molecule has 0 saturated heterocycles. The van der Waals surface area contributed by atoms with Crippen molar-refractivity contribution in [3.8, 4) is 0 Å². The minimum atomic E-state index is -0.198. The molecule has 2 rings (SSSR count). The summed E-state index contributed by atoms with van der Waals surface area (Å²) in [6.45, 7) is 5.60. The normalized spacial score (nSPS) is 10.4. The second-order valence-electron chi connectivity index (χ2n) is 5.83. The fourth-order valence-electron chi connectivity index (χ4n) is 2.57. The van der Waals surface area contributed by atoms with Gasteiger partial charge in [-0.2, -0.15) is 0 Å². The van der Waals surface area contributed by atoms with Crippen LogP contribution in [-0.2, 0) is 0 Å². The molecule has 0 saturated carbocycles. The Labute approximate surface area is 157 Å². The molecule has 0 aromatic heterocycles. The maximum Gasteiger partial charge on any atom is 0.255 e. The van der Waals surface area contributed by atoms with E-state index in [0.717, 1.165) is 30.4 Å². The predicted octanol–water partition coefficient (Wildman–Crippen LogP) is 4.96. The Bertz CT molecular complexity index is 723. The number of nitrogens with zero attached hydrogens (tertiary/aromatic N) is 1. The molecule has 1 N–H and O–H groups in total. The Morgan fingerprint density at radius 1 is 0.960 bits per heavy atom. The Hall–Kier alpha value is -2.14. The van der Waals surface area contributed by atoms with Gasteiger partial charge in [0, 0.05) is 34.4 Å². The number of carbonyl (C=O) groups is 2. The maximum absolute atomic E-state index is 12.7. The average Bonchev–Trinajstić information content (AvgIpc) is 2.61. The number of hydrogen-bond donors (Lipinski definition) is 1. The number of hydrogen-bond acceptors (Lipinski definition) is 2. The number of rotatable bonds is 7. The predicted molar refractivity (Wildman–Crippen MR) is 105 cm³/mol. The molecular weight excluding hydrogens is 380 g/mol. The van der Waals surface area contributed by atoms with E-state index in [1.165, 1.54) is 0 Å². The third-order valence-electron chi connectivity index (χ3n) is 3.75. The van der Waals surface area contributed by atoms with Crippen LogP contribution in [0.15, 0.2) is 53.0 Å². The molecule has 0 atom stereocenters. The van der Waals surface area contributed by atoms with Crippen LogP contribution >= 0.6 is 15.9 Å². The molecule has 2 aromatic carbocycles. The van der Waals surface area contributed by atoms with Crippen LogP contribution in [0.2, 0.25) is 0 Å². The first kappa shape index (κ1) is 19.2. The number of amides is 2. The van der Waals surface area contributed by atoms with E-state index >= 15 is 0 Å². The number of nitrogens with one attached hydrogen (secondary N) is 1. The Morgan fingerprint density at radius 3 is 2.20 bits per heavy atom. The molecule has 0 spiro atoms. The van der Waals surface area contributed by atoms with Gasteiger partial charge in [-0.05, 0) is 55.3 Å². The SMILES string of the molecule is CCCN(CCC)C(=O)c1cccc(NC(=O)c2ccc(Br)cc2)c1. The highest BCUT2D eigenvalue weighted by atomic mass is 79.9. The zero-order valence-corrected chi connectivity index (χ0v) is 16.2. The van der Waals surface area contributed by atoms with Crippen molar-refractivity contribution in [1.82, 2.24) is 4.90 Å². The van der Waals surface area contributed by atoms with Gasteiger partial charge >= 0.3 is 0 Å². The van der Waals surface area contributed by atoms with E-state index in [9.17, 15) is 9.59 Å². The number of benzene rings is 2. The Morgan fingerprint density at radius 2 is 1.60 bits per heavy atom. The molecule has 0 unspecified atom stereocenters. The Kier molecular flexibility index (Phi) is 7.19. The van der Waals surface area contributed by atoms with Crippen LogP contribution in [0, 0.1) is 0 Å². The van der Waals surface area contributed by atoms with Crippen LogP contribution in [0.1, 0.15) is 47.4 Å². The van der Waals surface area contributed by atoms with Gasteiger partial charge in [0.15, 0.2) is 0 Å². The van der Waals surface area contributed by atoms with E-state index in [0.29, 0.717) is 16.8 Å². The van der Waals surface area contributed by atoms with E-state index < -0.39 is 0 Å². The average molecular weight is 403 g/mol. The summed E-state index contributed by atoms with van der Waals surface area (Å²) >= 11 is 3.35. The molecule has 0 aliphatic carbocycles. The van der Waals surface area contributed by atoms with Crippen molar-refractivity contribution in [2.24, 2.45) is 0 Å². The first-order chi connectivity index (χ1) is 12.0. The van der Waals surface area contributed by atoms with Crippen LogP contribution in [0.3, 0.4) is 0 Å². The van der Waals surface area contributed by atoms with Gasteiger partial charge in [-0.3, -0.25) is 9.59 Å². The molecule has 0 radical (unpaired) electrons. The van der Waals surface area contributed by atoms with Crippen molar-refractivity contribution in [3.63, 3.8) is 0 Å². The molecule has 5 heteroatoms. The first-order valence-electron chi connectivity index (χ1n) is 8.51. The van der Waals surface area contributed by atoms with Crippen LogP contribution in [-0.4, -0.2) is 29.8 Å². The summed E-state index contributed by atoms with van der Waals surface area (Å²) in [4.78, 5) is 26.9. The van der Waals surface area contributed by atoms with Crippen molar-refractivity contribution in [2.75, 3.05) is 18.4 Å². The van der Waals surface area contributed by atoms with Gasteiger partial charge in [-0.15, -0.1) is 0 Å². The minimum absolute atomic E-state index is 0.00319. The molecule has 0 fully saturated rings. The molecule has 2 aromatic rings. The lowest BCUT2D eigenvalue weighted by Gasteiger charge is -2.21. The lowest BCUT2D eigenvalue weighted by molar-refractivity contribution is 0.0755. The molecule has 4 nitrogen and oxygen atoms in total. The summed E-state index contributed by atoms with van der Waals surface area (Å²) in [5, 5.41) is 2.85. The molecular formula is C20H23BrN2O2. The maximum atomic E-state index is 12.7. The van der Waals surface area contributed by atoms with Gasteiger partial charge in [0.1, 0.15) is 0 Å². The first-order valence-corrected chi connectivity index (χ1v) is 9.30. The quantitative estimate of drug-likeness (QED) is 0.710. The smallest absolute Gasteiger partial charge is 0.255 e. The van der Waals surface area contributed by atoms with Crippen LogP contribution in [0.5, 0.6) is 0 Å². The number of halogens is 1. The van der Waals surface area contributed by atoms with Crippen molar-refractivity contribution in [2.45, 2.75) is 26.7 Å². The topological polar surface area (TPSA) is 49.4 Å². The highest BCUT2D eigenvalue weighted by molar-refractivity contribution is 9.10. The largest absolute Gasteiger partial charge is 0.339 e. The summed E-state index contributed by atoms with van der Waals surface area (Å²) < 4.78 is 0.920. The molecule has 0 aliphatic heterocycles. The summed E-state index contributed by atoms with van der Waals surface area (Å²) in [6.07, 6.45) is 1.84. The van der Waals surface area contributed by atoms with Gasteiger partial charge in [0.25, 0.3) is 11.8 Å². The zero-order valence-electron chi connectivity index (χ0n) is 14.6. The number of carbonyl (C=O) groups excluding carboxylic acids is 2. The van der Waals surface area contributed by atoms with E-state index in [2.05, 4.69) is 35.1 Å². The van der Waals surface area contributed by atoms with Gasteiger partial charge < -0.3 is 10.2 Å². The van der Waals surface area contributed by atoms with Gasteiger partial charge in [0.05, 0.1) is 0 Å². The third kappa shape index (κ3) is 5.43. The van der Waals surface area contributed by atoms with E-state index in [-0.39, 0.29) is 11.8 Å². The molecule has 132 valence electrons. The summed E-state index contributed by atoms with van der Waals surface area (Å²) in [5.74, 6) is -0.195. The molecule has 25 heavy (non-hydrogen) atoms. The van der Waals surface area contributed by atoms with Crippen LogP contribution in [0.4, 0.5) is 5.69 Å². The highest BCUT2D eigenvalue weighted by Crippen LogP contribution is 2.16. The summed E-state index contributed by atoms with van der Waals surface area (Å²) in [7, 11) is 0. The summed E-state index contributed by atoms with van der Waals surface area (Å²) in [6, 6.07) is 14.2.